The molecular weight excluding hydrogens is 332 g/mol. The van der Waals surface area contributed by atoms with Gasteiger partial charge >= 0.3 is 0 Å². The predicted octanol–water partition coefficient (Wildman–Crippen LogP) is 3.71. The Morgan fingerprint density at radius 2 is 0.885 bits per heavy atom. The van der Waals surface area contributed by atoms with Crippen LogP contribution in [-0.2, 0) is 9.59 Å². The third kappa shape index (κ3) is 11.8. The number of rotatable bonds is 18. The Kier molecular flexibility index (Phi) is 15.9. The van der Waals surface area contributed by atoms with E-state index in [1.54, 1.807) is 0 Å². The zero-order chi connectivity index (χ0) is 19.8. The number of ketones is 2. The monoisotopic (exact) mass is 372 g/mol. The van der Waals surface area contributed by atoms with Crippen LogP contribution in [0, 0.1) is 0 Å². The third-order valence-electron chi connectivity index (χ3n) is 4.86. The maximum absolute atomic E-state index is 11.9. The summed E-state index contributed by atoms with van der Waals surface area (Å²) >= 11 is 0. The molecule has 0 heterocycles. The Hall–Kier alpha value is -0.780. The molecule has 0 aromatic heterocycles. The van der Waals surface area contributed by atoms with E-state index >= 15 is 0 Å². The van der Waals surface area contributed by atoms with Crippen LogP contribution in [0.1, 0.15) is 104 Å². The second-order valence-electron chi connectivity index (χ2n) is 7.35. The highest BCUT2D eigenvalue weighted by Gasteiger charge is 2.33. The van der Waals surface area contributed by atoms with E-state index in [0.717, 1.165) is 51.4 Å². The number of carbonyl (C=O) groups excluding carboxylic acids is 2. The lowest BCUT2D eigenvalue weighted by atomic mass is 9.95. The van der Waals surface area contributed by atoms with Gasteiger partial charge in [-0.15, -0.1) is 0 Å². The van der Waals surface area contributed by atoms with E-state index in [-0.39, 0.29) is 12.8 Å². The summed E-state index contributed by atoms with van der Waals surface area (Å²) in [5.74, 6) is -1.00. The Labute approximate surface area is 159 Å². The van der Waals surface area contributed by atoms with Crippen LogP contribution in [0.3, 0.4) is 0 Å². The number of carbonyl (C=O) groups is 2. The lowest BCUT2D eigenvalue weighted by Crippen LogP contribution is -2.45. The van der Waals surface area contributed by atoms with Crippen molar-refractivity contribution in [2.24, 2.45) is 0 Å². The van der Waals surface area contributed by atoms with Crippen LogP contribution in [-0.4, -0.2) is 45.2 Å². The molecule has 154 valence electrons. The van der Waals surface area contributed by atoms with E-state index in [9.17, 15) is 24.9 Å². The first kappa shape index (κ1) is 25.2. The average Bonchev–Trinajstić information content (AvgIpc) is 2.65. The summed E-state index contributed by atoms with van der Waals surface area (Å²) in [6, 6.07) is 0. The number of unbranched alkanes of at least 4 members (excludes halogenated alkanes) is 10. The molecule has 0 fully saturated rings. The van der Waals surface area contributed by atoms with Gasteiger partial charge in [-0.05, 0) is 12.8 Å². The molecule has 0 aliphatic rings. The van der Waals surface area contributed by atoms with Crippen LogP contribution in [0.25, 0.3) is 0 Å². The van der Waals surface area contributed by atoms with Crippen LogP contribution in [0.15, 0.2) is 0 Å². The molecular formula is C21H40O5. The van der Waals surface area contributed by atoms with Crippen LogP contribution in [0.2, 0.25) is 0 Å². The van der Waals surface area contributed by atoms with Gasteiger partial charge in [0, 0.05) is 12.8 Å². The number of aliphatic hydroxyl groups excluding tert-OH is 3. The van der Waals surface area contributed by atoms with Crippen molar-refractivity contribution in [3.05, 3.63) is 0 Å². The summed E-state index contributed by atoms with van der Waals surface area (Å²) in [6.07, 6.45) is 7.46. The zero-order valence-corrected chi connectivity index (χ0v) is 16.8. The average molecular weight is 373 g/mol. The quantitative estimate of drug-likeness (QED) is 0.319. The van der Waals surface area contributed by atoms with Gasteiger partial charge in [0.2, 0.25) is 0 Å². The molecule has 0 rings (SSSR count). The molecule has 0 aromatic rings. The second kappa shape index (κ2) is 16.4. The molecule has 0 aromatic carbocycles. The van der Waals surface area contributed by atoms with Gasteiger partial charge in [-0.25, -0.2) is 0 Å². The van der Waals surface area contributed by atoms with E-state index in [2.05, 4.69) is 13.8 Å². The van der Waals surface area contributed by atoms with Gasteiger partial charge in [0.05, 0.1) is 0 Å². The van der Waals surface area contributed by atoms with E-state index in [0.29, 0.717) is 12.8 Å². The number of hydrogen-bond donors (Lipinski definition) is 3. The van der Waals surface area contributed by atoms with Crippen molar-refractivity contribution in [3.8, 4) is 0 Å². The van der Waals surface area contributed by atoms with Crippen molar-refractivity contribution < 1.29 is 24.9 Å². The van der Waals surface area contributed by atoms with Crippen molar-refractivity contribution in [1.29, 1.82) is 0 Å². The van der Waals surface area contributed by atoms with Crippen LogP contribution < -0.4 is 0 Å². The lowest BCUT2D eigenvalue weighted by Gasteiger charge is -2.21. The van der Waals surface area contributed by atoms with Crippen LogP contribution in [0.5, 0.6) is 0 Å². The first-order valence-electron chi connectivity index (χ1n) is 10.5. The van der Waals surface area contributed by atoms with Crippen LogP contribution in [0.4, 0.5) is 0 Å². The fourth-order valence-electron chi connectivity index (χ4n) is 3.01. The molecule has 2 unspecified atom stereocenters. The van der Waals surface area contributed by atoms with Crippen LogP contribution >= 0.6 is 0 Å². The van der Waals surface area contributed by atoms with Gasteiger partial charge in [0.15, 0.2) is 11.6 Å². The van der Waals surface area contributed by atoms with Gasteiger partial charge in [-0.3, -0.25) is 9.59 Å². The SMILES string of the molecule is CCCCCCCCC(=O)C(O)C(O)C(O)C(=O)CCCCCCCC. The standard InChI is InChI=1S/C21H40O5/c1-3-5-7-9-11-13-15-17(22)19(24)21(26)20(25)18(23)16-14-12-10-8-6-4-2/h19-21,24-26H,3-16H2,1-2H3. The first-order valence-corrected chi connectivity index (χ1v) is 10.5. The van der Waals surface area contributed by atoms with E-state index in [1.807, 2.05) is 0 Å². The molecule has 0 aliphatic carbocycles. The van der Waals surface area contributed by atoms with Crippen molar-refractivity contribution in [1.82, 2.24) is 0 Å². The van der Waals surface area contributed by atoms with Crippen molar-refractivity contribution in [2.45, 2.75) is 122 Å². The maximum Gasteiger partial charge on any atom is 0.164 e. The van der Waals surface area contributed by atoms with E-state index in [4.69, 9.17) is 0 Å². The summed E-state index contributed by atoms with van der Waals surface area (Å²) in [5, 5.41) is 29.7. The summed E-state index contributed by atoms with van der Waals surface area (Å²) in [5.41, 5.74) is 0. The topological polar surface area (TPSA) is 94.8 Å². The smallest absolute Gasteiger partial charge is 0.164 e. The number of Topliss-reactive ketones (excluding diaryl/α,β-unsaturated/α-hetero) is 2. The highest BCUT2D eigenvalue weighted by Crippen LogP contribution is 2.13. The molecule has 0 saturated heterocycles. The Morgan fingerprint density at radius 3 is 1.23 bits per heavy atom. The lowest BCUT2D eigenvalue weighted by molar-refractivity contribution is -0.146. The van der Waals surface area contributed by atoms with Gasteiger partial charge in [0.25, 0.3) is 0 Å². The molecule has 0 spiro atoms. The highest BCUT2D eigenvalue weighted by atomic mass is 16.4. The first-order chi connectivity index (χ1) is 12.5. The zero-order valence-electron chi connectivity index (χ0n) is 16.8. The molecule has 0 amide bonds. The van der Waals surface area contributed by atoms with Gasteiger partial charge in [-0.2, -0.15) is 0 Å². The number of hydrogen-bond acceptors (Lipinski definition) is 5. The Balaban J connectivity index is 4.01. The molecule has 3 N–H and O–H groups in total. The molecule has 0 bridgehead atoms. The molecule has 0 radical (unpaired) electrons. The largest absolute Gasteiger partial charge is 0.387 e. The predicted molar refractivity (Wildman–Crippen MR) is 104 cm³/mol. The van der Waals surface area contributed by atoms with Gasteiger partial charge < -0.3 is 15.3 Å². The minimum absolute atomic E-state index is 0.169. The molecule has 0 saturated carbocycles. The van der Waals surface area contributed by atoms with Crippen molar-refractivity contribution >= 4 is 11.6 Å². The molecule has 5 heteroatoms. The molecule has 2 atom stereocenters. The summed E-state index contributed by atoms with van der Waals surface area (Å²) in [4.78, 5) is 23.9. The molecule has 0 aliphatic heterocycles. The third-order valence-corrected chi connectivity index (χ3v) is 4.86. The highest BCUT2D eigenvalue weighted by molar-refractivity contribution is 5.87. The summed E-state index contributed by atoms with van der Waals surface area (Å²) < 4.78 is 0. The van der Waals surface area contributed by atoms with Crippen molar-refractivity contribution in [3.63, 3.8) is 0 Å². The Bertz CT molecular complexity index is 335. The van der Waals surface area contributed by atoms with Crippen molar-refractivity contribution in [2.75, 3.05) is 0 Å². The van der Waals surface area contributed by atoms with Gasteiger partial charge in [0.1, 0.15) is 18.3 Å². The minimum Gasteiger partial charge on any atom is -0.387 e. The normalized spacial score (nSPS) is 14.8. The fraction of sp³-hybridized carbons (Fsp3) is 0.905. The summed E-state index contributed by atoms with van der Waals surface area (Å²) in [6.45, 7) is 4.28. The van der Waals surface area contributed by atoms with Gasteiger partial charge in [-0.1, -0.05) is 78.1 Å². The van der Waals surface area contributed by atoms with E-state index in [1.165, 1.54) is 12.8 Å². The fourth-order valence-corrected chi connectivity index (χ4v) is 3.01. The second-order valence-corrected chi connectivity index (χ2v) is 7.35. The number of aliphatic hydroxyl groups is 3. The summed E-state index contributed by atoms with van der Waals surface area (Å²) in [7, 11) is 0. The van der Waals surface area contributed by atoms with E-state index < -0.39 is 29.9 Å². The molecule has 26 heavy (non-hydrogen) atoms. The Morgan fingerprint density at radius 1 is 0.577 bits per heavy atom. The molecule has 5 nitrogen and oxygen atoms in total. The minimum atomic E-state index is -1.73. The maximum atomic E-state index is 11.9.